The van der Waals surface area contributed by atoms with Gasteiger partial charge in [0.15, 0.2) is 0 Å². The molecule has 0 unspecified atom stereocenters. The lowest BCUT2D eigenvalue weighted by Crippen LogP contribution is -2.21. The maximum Gasteiger partial charge on any atom is 0.0737 e. The minimum absolute atomic E-state index is 0.0178. The monoisotopic (exact) mass is 339 g/mol. The van der Waals surface area contributed by atoms with E-state index in [1.54, 1.807) is 0 Å². The first-order valence-corrected chi connectivity index (χ1v) is 7.92. The molecule has 0 N–H and O–H groups in total. The van der Waals surface area contributed by atoms with E-state index in [2.05, 4.69) is 4.98 Å². The zero-order valence-electron chi connectivity index (χ0n) is 27.1. The van der Waals surface area contributed by atoms with Gasteiger partial charge in [0.05, 0.1) is 5.69 Å². The molecule has 0 fully saturated rings. The van der Waals surface area contributed by atoms with Crippen LogP contribution in [0, 0.1) is 19.1 Å². The van der Waals surface area contributed by atoms with E-state index in [1.165, 1.54) is 48.5 Å². The Hall–Kier alpha value is -2.41. The van der Waals surface area contributed by atoms with E-state index in [4.69, 9.17) is 13.7 Å². The van der Waals surface area contributed by atoms with Crippen LogP contribution < -0.4 is 0 Å². The van der Waals surface area contributed by atoms with Crippen molar-refractivity contribution < 1.29 is 19.2 Å². The first kappa shape index (κ1) is 6.39. The van der Waals surface area contributed by atoms with Crippen LogP contribution in [-0.4, -0.2) is 4.98 Å². The van der Waals surface area contributed by atoms with E-state index >= 15 is 0 Å². The minimum atomic E-state index is -3.18. The molecule has 1 nitrogen and oxygen atoms in total. The van der Waals surface area contributed by atoms with Gasteiger partial charge in [-0.1, -0.05) is 54.1 Å². The predicted molar refractivity (Wildman–Crippen MR) is 103 cm³/mol. The second-order valence-electron chi connectivity index (χ2n) is 6.14. The Morgan fingerprint density at radius 1 is 0.880 bits per heavy atom. The van der Waals surface area contributed by atoms with Crippen LogP contribution >= 0.6 is 0 Å². The summed E-state index contributed by atoms with van der Waals surface area (Å²) in [6.07, 6.45) is -11.3. The molecule has 0 saturated carbocycles. The van der Waals surface area contributed by atoms with E-state index in [0.29, 0.717) is 0 Å². The highest BCUT2D eigenvalue weighted by molar-refractivity contribution is 5.67. The number of nitrogens with zero attached hydrogens (tertiary/aromatic N) is 1. The van der Waals surface area contributed by atoms with Crippen LogP contribution in [0.1, 0.15) is 52.6 Å². The molecule has 1 heteroatoms. The van der Waals surface area contributed by atoms with Gasteiger partial charge in [-0.15, -0.1) is 0 Å². The lowest BCUT2D eigenvalue weighted by atomic mass is 9.81. The Morgan fingerprint density at radius 3 is 2.28 bits per heavy atom. The van der Waals surface area contributed by atoms with Crippen molar-refractivity contribution in [2.45, 2.75) is 39.2 Å². The summed E-state index contributed by atoms with van der Waals surface area (Å²) in [6, 6.07) is 10.7. The fourth-order valence-corrected chi connectivity index (χ4v) is 3.28. The predicted octanol–water partition coefficient (Wildman–Crippen LogP) is 5.25. The molecular formula is C24H23N. The second-order valence-corrected chi connectivity index (χ2v) is 6.14. The van der Waals surface area contributed by atoms with Gasteiger partial charge < -0.3 is 0 Å². The van der Waals surface area contributed by atoms with Crippen molar-refractivity contribution in [1.29, 1.82) is 0 Å². The van der Waals surface area contributed by atoms with Crippen molar-refractivity contribution in [3.8, 4) is 11.3 Å². The third-order valence-electron chi connectivity index (χ3n) is 4.43. The molecule has 3 aromatic rings. The zero-order valence-corrected chi connectivity index (χ0v) is 13.1. The number of hydrogen-bond acceptors (Lipinski definition) is 1. The van der Waals surface area contributed by atoms with Gasteiger partial charge in [-0.2, -0.15) is 0 Å². The molecule has 2 aliphatic rings. The summed E-state index contributed by atoms with van der Waals surface area (Å²) in [6.45, 7) is -5.42. The fraction of sp³-hybridized carbons (Fsp3) is 0.292. The Kier molecular flexibility index (Phi) is 1.35. The highest BCUT2D eigenvalue weighted by atomic mass is 14.7. The number of pyridine rings is 1. The summed E-state index contributed by atoms with van der Waals surface area (Å²) in [5.74, 6) is 0. The maximum atomic E-state index is 9.32. The smallest absolute Gasteiger partial charge is 0.0737 e. The van der Waals surface area contributed by atoms with E-state index < -0.39 is 61.3 Å². The first-order valence-electron chi connectivity index (χ1n) is 14.9. The fourth-order valence-electron chi connectivity index (χ4n) is 3.28. The average Bonchev–Trinajstić information content (AvgIpc) is 3.07. The number of benzene rings is 2. The van der Waals surface area contributed by atoms with Crippen LogP contribution in [0.2, 0.25) is 0 Å². The molecule has 0 amide bonds. The molecular weight excluding hydrogens is 302 g/mol. The summed E-state index contributed by atoms with van der Waals surface area (Å²) in [7, 11) is 0. The quantitative estimate of drug-likeness (QED) is 0.590. The molecule has 0 saturated heterocycles. The molecule has 1 aromatic heterocycles. The van der Waals surface area contributed by atoms with E-state index in [1.807, 2.05) is 0 Å². The Bertz CT molecular complexity index is 1450. The van der Waals surface area contributed by atoms with Gasteiger partial charge in [0.1, 0.15) is 0 Å². The van der Waals surface area contributed by atoms with Gasteiger partial charge in [0.25, 0.3) is 0 Å². The van der Waals surface area contributed by atoms with Gasteiger partial charge in [-0.25, -0.2) is 0 Å². The average molecular weight is 340 g/mol. The van der Waals surface area contributed by atoms with Crippen molar-refractivity contribution in [1.82, 2.24) is 4.98 Å². The van der Waals surface area contributed by atoms with Crippen molar-refractivity contribution in [3.63, 3.8) is 0 Å². The topological polar surface area (TPSA) is 12.9 Å². The molecule has 1 heterocycles. The summed E-state index contributed by atoms with van der Waals surface area (Å²) < 4.78 is 120. The summed E-state index contributed by atoms with van der Waals surface area (Å²) in [5, 5.41) is 0. The standard InChI is InChI=1S/C24H23N/c1-16-7-9-18(10-8-16)23-22-14-24(13-21(22)17(2)15-25-23)11-19-5-3-4-6-20(19)12-24/h3-10,15H,11-14H2,1-2H3/i1D3,2D3,11D2,12D2,13D2,14D2. The Labute approximate surface area is 169 Å². The van der Waals surface area contributed by atoms with Crippen molar-refractivity contribution in [3.05, 3.63) is 88.1 Å². The molecule has 25 heavy (non-hydrogen) atoms. The van der Waals surface area contributed by atoms with Crippen molar-refractivity contribution >= 4 is 0 Å². The molecule has 1 spiro atoms. The molecule has 2 aromatic carbocycles. The lowest BCUT2D eigenvalue weighted by molar-refractivity contribution is 0.326. The third kappa shape index (κ3) is 2.33. The number of rotatable bonds is 1. The molecule has 124 valence electrons. The van der Waals surface area contributed by atoms with Crippen LogP contribution in [0.4, 0.5) is 0 Å². The molecule has 0 atom stereocenters. The Morgan fingerprint density at radius 2 is 1.60 bits per heavy atom. The molecule has 2 aliphatic carbocycles. The van der Waals surface area contributed by atoms with Crippen LogP contribution in [0.5, 0.6) is 0 Å². The normalized spacial score (nSPS) is 34.2. The van der Waals surface area contributed by atoms with Gasteiger partial charge >= 0.3 is 0 Å². The Balaban J connectivity index is 1.92. The minimum Gasteiger partial charge on any atom is -0.256 e. The lowest BCUT2D eigenvalue weighted by Gasteiger charge is -2.22. The van der Waals surface area contributed by atoms with Crippen LogP contribution in [0.3, 0.4) is 0 Å². The SMILES string of the molecule is [2H]C([2H])([2H])c1ccc(-c2ncc(C([2H])([2H])[2H])c3c2C([2H])([2H])C2(C([2H])([2H])c4ccccc4C2([2H])[2H])C3([2H])[2H])cc1. The summed E-state index contributed by atoms with van der Waals surface area (Å²) >= 11 is 0. The number of fused-ring (bicyclic) bond motifs is 2. The maximum absolute atomic E-state index is 9.32. The summed E-state index contributed by atoms with van der Waals surface area (Å²) in [4.78, 5) is 4.19. The highest BCUT2D eigenvalue weighted by Crippen LogP contribution is 2.49. The van der Waals surface area contributed by atoms with Gasteiger partial charge in [-0.3, -0.25) is 4.98 Å². The summed E-state index contributed by atoms with van der Waals surface area (Å²) in [5.41, 5.74) is -5.51. The van der Waals surface area contributed by atoms with Crippen LogP contribution in [-0.2, 0) is 25.5 Å². The largest absolute Gasteiger partial charge is 0.256 e. The first-order chi connectivity index (χ1) is 17.7. The van der Waals surface area contributed by atoms with E-state index in [-0.39, 0.29) is 27.9 Å². The van der Waals surface area contributed by atoms with Gasteiger partial charge in [0.2, 0.25) is 0 Å². The molecule has 0 radical (unpaired) electrons. The second kappa shape index (κ2) is 5.29. The number of aryl methyl sites for hydroxylation is 2. The molecule has 0 bridgehead atoms. The zero-order chi connectivity index (χ0) is 29.2. The van der Waals surface area contributed by atoms with E-state index in [9.17, 15) is 5.48 Å². The van der Waals surface area contributed by atoms with Crippen LogP contribution in [0.15, 0.2) is 54.7 Å². The van der Waals surface area contributed by atoms with Crippen molar-refractivity contribution in [2.24, 2.45) is 5.41 Å². The highest BCUT2D eigenvalue weighted by Gasteiger charge is 2.43. The van der Waals surface area contributed by atoms with E-state index in [0.717, 1.165) is 6.20 Å². The number of hydrogen-bond donors (Lipinski definition) is 0. The van der Waals surface area contributed by atoms with Crippen LogP contribution in [0.25, 0.3) is 11.3 Å². The molecule has 5 rings (SSSR count). The van der Waals surface area contributed by atoms with Crippen molar-refractivity contribution in [2.75, 3.05) is 0 Å². The van der Waals surface area contributed by atoms with Gasteiger partial charge in [-0.05, 0) is 72.4 Å². The molecule has 0 aliphatic heterocycles. The van der Waals surface area contributed by atoms with Gasteiger partial charge in [0, 0.05) is 31.0 Å². The number of aromatic nitrogens is 1. The third-order valence-corrected chi connectivity index (χ3v) is 4.43.